The van der Waals surface area contributed by atoms with E-state index in [9.17, 15) is 9.59 Å². The number of nitrogens with one attached hydrogen (secondary N) is 1. The zero-order valence-electron chi connectivity index (χ0n) is 18.6. The Labute approximate surface area is 209 Å². The second-order valence-electron chi connectivity index (χ2n) is 8.96. The molecule has 0 bridgehead atoms. The van der Waals surface area contributed by atoms with Crippen LogP contribution in [-0.2, 0) is 0 Å². The zero-order chi connectivity index (χ0) is 23.6. The summed E-state index contributed by atoms with van der Waals surface area (Å²) in [5.41, 5.74) is 3.00. The number of amides is 2. The molecule has 2 amide bonds. The van der Waals surface area contributed by atoms with Gasteiger partial charge >= 0.3 is 0 Å². The van der Waals surface area contributed by atoms with Crippen molar-refractivity contribution in [2.75, 3.05) is 6.54 Å². The van der Waals surface area contributed by atoms with E-state index in [1.165, 1.54) is 11.3 Å². The molecule has 1 saturated carbocycles. The molecule has 10 heteroatoms. The molecule has 4 aromatic rings. The van der Waals surface area contributed by atoms with Crippen molar-refractivity contribution in [1.29, 1.82) is 0 Å². The third-order valence-electron chi connectivity index (χ3n) is 6.60. The average molecular weight is 512 g/mol. The van der Waals surface area contributed by atoms with Crippen molar-refractivity contribution < 1.29 is 9.59 Å². The van der Waals surface area contributed by atoms with Crippen molar-refractivity contribution in [2.24, 2.45) is 5.92 Å². The molecule has 1 aliphatic carbocycles. The van der Waals surface area contributed by atoms with Crippen molar-refractivity contribution in [3.8, 4) is 10.4 Å². The Bertz CT molecular complexity index is 1440. The van der Waals surface area contributed by atoms with Gasteiger partial charge in [-0.3, -0.25) is 14.0 Å². The molecule has 2 fully saturated rings. The van der Waals surface area contributed by atoms with Gasteiger partial charge in [-0.25, -0.2) is 9.97 Å². The maximum absolute atomic E-state index is 13.8. The summed E-state index contributed by atoms with van der Waals surface area (Å²) in [5.74, 6) is 0.164. The Morgan fingerprint density at radius 3 is 2.91 bits per heavy atom. The molecular formula is C24H22ClN5O2S2. The normalized spacial score (nSPS) is 21.1. The Balaban J connectivity index is 1.24. The smallest absolute Gasteiger partial charge is 0.274 e. The summed E-state index contributed by atoms with van der Waals surface area (Å²) < 4.78 is 1.70. The van der Waals surface area contributed by atoms with E-state index in [1.807, 2.05) is 42.3 Å². The summed E-state index contributed by atoms with van der Waals surface area (Å²) >= 11 is 9.19. The van der Waals surface area contributed by atoms with Gasteiger partial charge in [0.1, 0.15) is 5.69 Å². The van der Waals surface area contributed by atoms with Crippen LogP contribution in [0.15, 0.2) is 35.8 Å². The van der Waals surface area contributed by atoms with Gasteiger partial charge < -0.3 is 10.2 Å². The van der Waals surface area contributed by atoms with Crippen LogP contribution in [0.25, 0.3) is 15.4 Å². The van der Waals surface area contributed by atoms with Gasteiger partial charge in [0.25, 0.3) is 11.8 Å². The van der Waals surface area contributed by atoms with E-state index >= 15 is 0 Å². The van der Waals surface area contributed by atoms with Gasteiger partial charge in [0.15, 0.2) is 15.8 Å². The molecule has 0 unspecified atom stereocenters. The quantitative estimate of drug-likeness (QED) is 0.416. The van der Waals surface area contributed by atoms with Crippen LogP contribution >= 0.6 is 34.3 Å². The highest BCUT2D eigenvalue weighted by molar-refractivity contribution is 7.15. The monoisotopic (exact) mass is 511 g/mol. The van der Waals surface area contributed by atoms with Crippen molar-refractivity contribution in [1.82, 2.24) is 24.6 Å². The lowest BCUT2D eigenvalue weighted by Crippen LogP contribution is -2.45. The second kappa shape index (κ2) is 8.18. The molecule has 3 atom stereocenters. The second-order valence-corrected chi connectivity index (χ2v) is 11.4. The number of hydrogen-bond donors (Lipinski definition) is 1. The molecule has 1 aromatic carbocycles. The number of rotatable bonds is 5. The lowest BCUT2D eigenvalue weighted by atomic mass is 10.1. The predicted molar refractivity (Wildman–Crippen MR) is 134 cm³/mol. The Morgan fingerprint density at radius 1 is 1.24 bits per heavy atom. The van der Waals surface area contributed by atoms with E-state index in [-0.39, 0.29) is 29.1 Å². The van der Waals surface area contributed by atoms with Crippen molar-refractivity contribution in [3.05, 3.63) is 63.0 Å². The van der Waals surface area contributed by atoms with Gasteiger partial charge in [-0.05, 0) is 38.2 Å². The first-order valence-corrected chi connectivity index (χ1v) is 13.2. The Kier molecular flexibility index (Phi) is 5.24. The molecule has 0 spiro atoms. The number of fused-ring (bicyclic) bond motifs is 2. The molecule has 6 rings (SSSR count). The first-order chi connectivity index (χ1) is 16.4. The Morgan fingerprint density at radius 2 is 2.09 bits per heavy atom. The van der Waals surface area contributed by atoms with Gasteiger partial charge in [-0.1, -0.05) is 41.4 Å². The number of hydrogen-bond acceptors (Lipinski definition) is 6. The number of carbonyl (C=O) groups is 2. The van der Waals surface area contributed by atoms with E-state index in [4.69, 9.17) is 11.6 Å². The number of thiazole rings is 2. The highest BCUT2D eigenvalue weighted by Crippen LogP contribution is 2.48. The summed E-state index contributed by atoms with van der Waals surface area (Å²) in [6, 6.07) is 8.32. The van der Waals surface area contributed by atoms with E-state index in [0.29, 0.717) is 28.8 Å². The fourth-order valence-electron chi connectivity index (χ4n) is 4.99. The molecule has 4 heterocycles. The van der Waals surface area contributed by atoms with E-state index in [0.717, 1.165) is 33.9 Å². The minimum Gasteiger partial charge on any atom is -0.349 e. The van der Waals surface area contributed by atoms with E-state index in [1.54, 1.807) is 21.9 Å². The topological polar surface area (TPSA) is 79.6 Å². The summed E-state index contributed by atoms with van der Waals surface area (Å²) in [6.45, 7) is 4.35. The molecule has 174 valence electrons. The number of imidazole rings is 1. The lowest BCUT2D eigenvalue weighted by Gasteiger charge is -2.27. The van der Waals surface area contributed by atoms with Crippen molar-refractivity contribution >= 4 is 51.0 Å². The minimum atomic E-state index is -0.283. The van der Waals surface area contributed by atoms with Crippen LogP contribution in [-0.4, -0.2) is 49.7 Å². The van der Waals surface area contributed by atoms with Crippen molar-refractivity contribution in [2.45, 2.75) is 38.8 Å². The summed E-state index contributed by atoms with van der Waals surface area (Å²) in [6.07, 6.45) is 3.68. The fraction of sp³-hybridized carbons (Fsp3) is 0.333. The first kappa shape index (κ1) is 21.8. The number of aryl methyl sites for hydroxylation is 2. The SMILES string of the molecule is Cc1cccc(-c2sc(C)nc2C(=O)N2[C@H](CNC(=O)c3c(Cl)nc4sccn34)C[C@@H]3C[C@@H]32)c1. The number of aromatic nitrogens is 3. The number of nitrogens with zero attached hydrogens (tertiary/aromatic N) is 4. The van der Waals surface area contributed by atoms with Crippen LogP contribution < -0.4 is 5.32 Å². The minimum absolute atomic E-state index is 0.0484. The molecular weight excluding hydrogens is 490 g/mol. The van der Waals surface area contributed by atoms with Crippen molar-refractivity contribution in [3.63, 3.8) is 0 Å². The number of likely N-dealkylation sites (tertiary alicyclic amines) is 1. The molecule has 1 aliphatic heterocycles. The highest BCUT2D eigenvalue weighted by atomic mass is 35.5. The zero-order valence-corrected chi connectivity index (χ0v) is 21.0. The van der Waals surface area contributed by atoms with E-state index in [2.05, 4.69) is 21.4 Å². The number of halogens is 1. The van der Waals surface area contributed by atoms with Crippen LogP contribution in [0.1, 0.15) is 44.4 Å². The fourth-order valence-corrected chi connectivity index (χ4v) is 6.92. The number of benzene rings is 1. The van der Waals surface area contributed by atoms with Gasteiger partial charge in [-0.2, -0.15) is 0 Å². The van der Waals surface area contributed by atoms with Gasteiger partial charge in [0.05, 0.1) is 15.9 Å². The molecule has 2 aliphatic rings. The van der Waals surface area contributed by atoms with Crippen LogP contribution in [0.3, 0.4) is 0 Å². The summed E-state index contributed by atoms with van der Waals surface area (Å²) in [5, 5.41) is 5.91. The highest BCUT2D eigenvalue weighted by Gasteiger charge is 2.54. The van der Waals surface area contributed by atoms with Gasteiger partial charge in [0, 0.05) is 24.2 Å². The molecule has 0 radical (unpaired) electrons. The van der Waals surface area contributed by atoms with Gasteiger partial charge in [-0.15, -0.1) is 22.7 Å². The van der Waals surface area contributed by atoms with Crippen LogP contribution in [0, 0.1) is 19.8 Å². The molecule has 7 nitrogen and oxygen atoms in total. The van der Waals surface area contributed by atoms with Crippen LogP contribution in [0.4, 0.5) is 0 Å². The first-order valence-electron chi connectivity index (χ1n) is 11.2. The van der Waals surface area contributed by atoms with Gasteiger partial charge in [0.2, 0.25) is 0 Å². The molecule has 34 heavy (non-hydrogen) atoms. The molecule has 3 aromatic heterocycles. The standard InChI is InChI=1S/C24H22ClN5O2S2/c1-12-4-3-5-14(8-12)20-18(27-13(2)34-20)23(32)30-16(9-15-10-17(15)30)11-26-22(31)19-21(25)28-24-29(19)6-7-33-24/h3-8,15-17H,9-11H2,1-2H3,(H,26,31)/t15-,16+,17+/m1/s1. The lowest BCUT2D eigenvalue weighted by molar-refractivity contribution is 0.0684. The number of carbonyl (C=O) groups excluding carboxylic acids is 2. The largest absolute Gasteiger partial charge is 0.349 e. The Hall–Kier alpha value is -2.75. The maximum atomic E-state index is 13.8. The predicted octanol–water partition coefficient (Wildman–Crippen LogP) is 4.82. The van der Waals surface area contributed by atoms with Crippen LogP contribution in [0.5, 0.6) is 0 Å². The molecule has 1 saturated heterocycles. The summed E-state index contributed by atoms with van der Waals surface area (Å²) in [4.78, 5) is 39.1. The summed E-state index contributed by atoms with van der Waals surface area (Å²) in [7, 11) is 0. The molecule has 1 N–H and O–H groups in total. The van der Waals surface area contributed by atoms with Crippen LogP contribution in [0.2, 0.25) is 5.15 Å². The average Bonchev–Trinajstić information content (AvgIpc) is 3.16. The third-order valence-corrected chi connectivity index (χ3v) is 8.64. The third kappa shape index (κ3) is 3.62. The maximum Gasteiger partial charge on any atom is 0.274 e. The van der Waals surface area contributed by atoms with E-state index < -0.39 is 0 Å². The number of piperidine rings is 1.